The summed E-state index contributed by atoms with van der Waals surface area (Å²) in [6, 6.07) is 0.170. The molecule has 3 nitrogen and oxygen atoms in total. The van der Waals surface area contributed by atoms with E-state index in [0.717, 1.165) is 13.0 Å². The van der Waals surface area contributed by atoms with E-state index in [2.05, 4.69) is 32.0 Å². The SMILES string of the molecule is O=C(C#CBr)NC1CCOC1C1CC1. The van der Waals surface area contributed by atoms with Gasteiger partial charge in [0, 0.05) is 28.5 Å². The van der Waals surface area contributed by atoms with Crippen LogP contribution in [0.5, 0.6) is 0 Å². The molecule has 76 valence electrons. The van der Waals surface area contributed by atoms with Gasteiger partial charge in [0.2, 0.25) is 0 Å². The molecule has 1 aliphatic heterocycles. The molecule has 0 aromatic heterocycles. The monoisotopic (exact) mass is 257 g/mol. The number of carbonyl (C=O) groups is 1. The molecule has 0 spiro atoms. The number of amides is 1. The Morgan fingerprint density at radius 2 is 2.21 bits per heavy atom. The molecule has 1 saturated carbocycles. The van der Waals surface area contributed by atoms with Gasteiger partial charge >= 0.3 is 0 Å². The molecule has 1 heterocycles. The lowest BCUT2D eigenvalue weighted by atomic mass is 10.1. The van der Waals surface area contributed by atoms with Gasteiger partial charge in [-0.15, -0.1) is 0 Å². The van der Waals surface area contributed by atoms with Crippen molar-refractivity contribution in [3.63, 3.8) is 0 Å². The quantitative estimate of drug-likeness (QED) is 0.751. The van der Waals surface area contributed by atoms with E-state index >= 15 is 0 Å². The van der Waals surface area contributed by atoms with Crippen molar-refractivity contribution in [3.8, 4) is 10.8 Å². The van der Waals surface area contributed by atoms with Crippen LogP contribution in [0.2, 0.25) is 0 Å². The van der Waals surface area contributed by atoms with Crippen molar-refractivity contribution in [2.24, 2.45) is 5.92 Å². The highest BCUT2D eigenvalue weighted by molar-refractivity contribution is 9.12. The Balaban J connectivity index is 1.88. The summed E-state index contributed by atoms with van der Waals surface area (Å²) >= 11 is 2.90. The van der Waals surface area contributed by atoms with Gasteiger partial charge in [0.1, 0.15) is 0 Å². The normalized spacial score (nSPS) is 30.6. The van der Waals surface area contributed by atoms with Crippen LogP contribution in [0.4, 0.5) is 0 Å². The maximum Gasteiger partial charge on any atom is 0.297 e. The standard InChI is InChI=1S/C10H12BrNO2/c11-5-3-9(13)12-8-4-6-14-10(8)7-1-2-7/h7-8,10H,1-2,4,6H2,(H,12,13). The summed E-state index contributed by atoms with van der Waals surface area (Å²) in [6.07, 6.45) is 3.62. The van der Waals surface area contributed by atoms with Gasteiger partial charge in [-0.3, -0.25) is 4.79 Å². The van der Waals surface area contributed by atoms with Crippen LogP contribution in [0, 0.1) is 16.7 Å². The minimum absolute atomic E-state index is 0.170. The Bertz CT molecular complexity index is 290. The Kier molecular flexibility index (Phi) is 3.09. The second-order valence-electron chi connectivity index (χ2n) is 3.76. The molecule has 0 aromatic carbocycles. The van der Waals surface area contributed by atoms with E-state index in [1.54, 1.807) is 0 Å². The molecule has 0 aromatic rings. The van der Waals surface area contributed by atoms with Crippen LogP contribution in [0.15, 0.2) is 0 Å². The molecular formula is C10H12BrNO2. The van der Waals surface area contributed by atoms with E-state index in [4.69, 9.17) is 4.74 Å². The van der Waals surface area contributed by atoms with Crippen molar-refractivity contribution >= 4 is 21.8 Å². The van der Waals surface area contributed by atoms with Gasteiger partial charge in [-0.1, -0.05) is 0 Å². The summed E-state index contributed by atoms with van der Waals surface area (Å²) in [7, 11) is 0. The average molecular weight is 258 g/mol. The fraction of sp³-hybridized carbons (Fsp3) is 0.700. The van der Waals surface area contributed by atoms with E-state index < -0.39 is 0 Å². The third-order valence-electron chi connectivity index (χ3n) is 2.70. The number of ether oxygens (including phenoxy) is 1. The predicted molar refractivity (Wildman–Crippen MR) is 55.7 cm³/mol. The summed E-state index contributed by atoms with van der Waals surface area (Å²) in [6.45, 7) is 0.758. The predicted octanol–water partition coefficient (Wildman–Crippen LogP) is 1.03. The van der Waals surface area contributed by atoms with Crippen LogP contribution in [0.3, 0.4) is 0 Å². The van der Waals surface area contributed by atoms with Crippen LogP contribution >= 0.6 is 15.9 Å². The maximum absolute atomic E-state index is 11.2. The Labute approximate surface area is 91.7 Å². The summed E-state index contributed by atoms with van der Waals surface area (Å²) in [5, 5.41) is 2.88. The molecule has 2 rings (SSSR count). The van der Waals surface area contributed by atoms with E-state index in [1.165, 1.54) is 12.8 Å². The van der Waals surface area contributed by atoms with Crippen LogP contribution < -0.4 is 5.32 Å². The minimum Gasteiger partial charge on any atom is -0.376 e. The first kappa shape index (κ1) is 10.0. The third-order valence-corrected chi connectivity index (χ3v) is 2.90. The van der Waals surface area contributed by atoms with E-state index in [-0.39, 0.29) is 18.1 Å². The zero-order chi connectivity index (χ0) is 9.97. The smallest absolute Gasteiger partial charge is 0.297 e. The van der Waals surface area contributed by atoms with Gasteiger partial charge in [0.15, 0.2) is 0 Å². The number of hydrogen-bond donors (Lipinski definition) is 1. The molecular weight excluding hydrogens is 246 g/mol. The van der Waals surface area contributed by atoms with Gasteiger partial charge in [-0.05, 0) is 30.0 Å². The summed E-state index contributed by atoms with van der Waals surface area (Å²) in [4.78, 5) is 13.6. The molecule has 1 aliphatic carbocycles. The molecule has 1 amide bonds. The van der Waals surface area contributed by atoms with Crippen molar-refractivity contribution in [3.05, 3.63) is 0 Å². The topological polar surface area (TPSA) is 38.3 Å². The lowest BCUT2D eigenvalue weighted by Crippen LogP contribution is -2.40. The number of nitrogens with one attached hydrogen (secondary N) is 1. The highest BCUT2D eigenvalue weighted by Crippen LogP contribution is 2.38. The van der Waals surface area contributed by atoms with Gasteiger partial charge in [-0.25, -0.2) is 0 Å². The second kappa shape index (κ2) is 4.33. The largest absolute Gasteiger partial charge is 0.376 e. The number of halogens is 1. The average Bonchev–Trinajstić information content (AvgIpc) is 2.89. The second-order valence-corrected chi connectivity index (χ2v) is 4.16. The molecule has 2 aliphatic rings. The molecule has 1 saturated heterocycles. The number of rotatable bonds is 2. The van der Waals surface area contributed by atoms with Gasteiger partial charge in [0.25, 0.3) is 5.91 Å². The summed E-state index contributed by atoms with van der Waals surface area (Å²) in [5.74, 6) is 2.86. The number of carbonyl (C=O) groups excluding carboxylic acids is 1. The van der Waals surface area contributed by atoms with Crippen LogP contribution in [0.25, 0.3) is 0 Å². The Morgan fingerprint density at radius 1 is 1.43 bits per heavy atom. The van der Waals surface area contributed by atoms with E-state index in [1.807, 2.05) is 0 Å². The lowest BCUT2D eigenvalue weighted by molar-refractivity contribution is -0.116. The summed E-state index contributed by atoms with van der Waals surface area (Å²) < 4.78 is 5.59. The first-order chi connectivity index (χ1) is 6.81. The zero-order valence-electron chi connectivity index (χ0n) is 7.75. The lowest BCUT2D eigenvalue weighted by Gasteiger charge is -2.17. The molecule has 1 N–H and O–H groups in total. The fourth-order valence-electron chi connectivity index (χ4n) is 1.90. The molecule has 14 heavy (non-hydrogen) atoms. The Morgan fingerprint density at radius 3 is 2.86 bits per heavy atom. The van der Waals surface area contributed by atoms with Gasteiger partial charge in [0.05, 0.1) is 12.1 Å². The van der Waals surface area contributed by atoms with Crippen molar-refractivity contribution in [1.82, 2.24) is 5.32 Å². The highest BCUT2D eigenvalue weighted by Gasteiger charge is 2.40. The Hall–Kier alpha value is -0.530. The molecule has 0 radical (unpaired) electrons. The van der Waals surface area contributed by atoms with Crippen molar-refractivity contribution < 1.29 is 9.53 Å². The van der Waals surface area contributed by atoms with Gasteiger partial charge < -0.3 is 10.1 Å². The van der Waals surface area contributed by atoms with Crippen LogP contribution in [-0.4, -0.2) is 24.7 Å². The van der Waals surface area contributed by atoms with Gasteiger partial charge in [-0.2, -0.15) is 0 Å². The van der Waals surface area contributed by atoms with Crippen molar-refractivity contribution in [1.29, 1.82) is 0 Å². The minimum atomic E-state index is -0.219. The first-order valence-corrected chi connectivity index (χ1v) is 5.64. The first-order valence-electron chi connectivity index (χ1n) is 4.85. The highest BCUT2D eigenvalue weighted by atomic mass is 79.9. The van der Waals surface area contributed by atoms with Crippen molar-refractivity contribution in [2.75, 3.05) is 6.61 Å². The maximum atomic E-state index is 11.2. The van der Waals surface area contributed by atoms with Crippen LogP contribution in [0.1, 0.15) is 19.3 Å². The molecule has 2 atom stereocenters. The number of hydrogen-bond acceptors (Lipinski definition) is 2. The summed E-state index contributed by atoms with van der Waals surface area (Å²) in [5.41, 5.74) is 0. The third kappa shape index (κ3) is 2.28. The molecule has 2 fully saturated rings. The van der Waals surface area contributed by atoms with Crippen molar-refractivity contribution in [2.45, 2.75) is 31.4 Å². The van der Waals surface area contributed by atoms with E-state index in [0.29, 0.717) is 5.92 Å². The fourth-order valence-corrected chi connectivity index (χ4v) is 2.08. The van der Waals surface area contributed by atoms with Crippen LogP contribution in [-0.2, 0) is 9.53 Å². The van der Waals surface area contributed by atoms with E-state index in [9.17, 15) is 4.79 Å². The molecule has 2 unspecified atom stereocenters. The molecule has 4 heteroatoms. The molecule has 0 bridgehead atoms. The zero-order valence-corrected chi connectivity index (χ0v) is 9.34.